The molecule has 0 aliphatic heterocycles. The molecule has 1 aliphatic carbocycles. The topological polar surface area (TPSA) is 69.6 Å². The van der Waals surface area contributed by atoms with Crippen LogP contribution in [0.5, 0.6) is 0 Å². The molecule has 1 aromatic heterocycles. The number of carboxylic acids is 1. The molecule has 1 saturated carbocycles. The van der Waals surface area contributed by atoms with Crippen molar-refractivity contribution >= 4 is 17.3 Å². The molecule has 0 spiro atoms. The summed E-state index contributed by atoms with van der Waals surface area (Å²) in [7, 11) is 0. The van der Waals surface area contributed by atoms with E-state index in [0.717, 1.165) is 6.54 Å². The second-order valence-corrected chi connectivity index (χ2v) is 6.05. The van der Waals surface area contributed by atoms with Crippen LogP contribution in [0.3, 0.4) is 0 Å². The molecular weight excluding hydrogens is 250 g/mol. The molecule has 1 heterocycles. The van der Waals surface area contributed by atoms with E-state index in [2.05, 4.69) is 11.4 Å². The Hall–Kier alpha value is -0.910. The molecule has 100 valence electrons. The predicted molar refractivity (Wildman–Crippen MR) is 70.6 cm³/mol. The van der Waals surface area contributed by atoms with Gasteiger partial charge in [-0.25, -0.2) is 0 Å². The molecule has 2 rings (SSSR count). The lowest BCUT2D eigenvalue weighted by Crippen LogP contribution is -2.44. The van der Waals surface area contributed by atoms with E-state index in [0.29, 0.717) is 32.2 Å². The maximum Gasteiger partial charge on any atom is 0.306 e. The van der Waals surface area contributed by atoms with Crippen LogP contribution in [-0.4, -0.2) is 28.3 Å². The number of hydrogen-bond donors (Lipinski definition) is 3. The smallest absolute Gasteiger partial charge is 0.306 e. The highest BCUT2D eigenvalue weighted by Crippen LogP contribution is 2.31. The molecule has 1 aliphatic rings. The standard InChI is InChI=1S/C13H19NO3S/c15-12(16)10-3-5-13(17,6-4-10)9-14-8-11-2-1-7-18-11/h1-2,7,10,14,17H,3-6,8-9H2,(H,15,16). The molecule has 0 unspecified atom stereocenters. The summed E-state index contributed by atoms with van der Waals surface area (Å²) >= 11 is 1.69. The van der Waals surface area contributed by atoms with Crippen LogP contribution in [0.2, 0.25) is 0 Å². The average molecular weight is 269 g/mol. The van der Waals surface area contributed by atoms with E-state index in [9.17, 15) is 9.90 Å². The molecule has 0 amide bonds. The highest BCUT2D eigenvalue weighted by atomic mass is 32.1. The van der Waals surface area contributed by atoms with E-state index in [1.165, 1.54) is 4.88 Å². The predicted octanol–water partition coefficient (Wildman–Crippen LogP) is 1.84. The summed E-state index contributed by atoms with van der Waals surface area (Å²) in [6.45, 7) is 1.31. The van der Waals surface area contributed by atoms with E-state index in [1.54, 1.807) is 11.3 Å². The largest absolute Gasteiger partial charge is 0.481 e. The lowest BCUT2D eigenvalue weighted by Gasteiger charge is -2.34. The molecule has 18 heavy (non-hydrogen) atoms. The average Bonchev–Trinajstić information content (AvgIpc) is 2.82. The molecule has 1 fully saturated rings. The zero-order valence-corrected chi connectivity index (χ0v) is 11.1. The lowest BCUT2D eigenvalue weighted by molar-refractivity contribution is -0.144. The summed E-state index contributed by atoms with van der Waals surface area (Å²) in [5.74, 6) is -1.01. The Labute approximate surface area is 111 Å². The molecule has 1 aromatic rings. The zero-order valence-electron chi connectivity index (χ0n) is 10.3. The first-order valence-electron chi connectivity index (χ1n) is 6.27. The van der Waals surface area contributed by atoms with Crippen LogP contribution in [-0.2, 0) is 11.3 Å². The summed E-state index contributed by atoms with van der Waals surface area (Å²) in [5, 5.41) is 24.5. The Balaban J connectivity index is 1.74. The molecule has 0 bridgehead atoms. The maximum atomic E-state index is 10.8. The fourth-order valence-electron chi connectivity index (χ4n) is 2.41. The van der Waals surface area contributed by atoms with Crippen molar-refractivity contribution in [3.63, 3.8) is 0 Å². The third-order valence-electron chi connectivity index (χ3n) is 3.60. The number of carboxylic acid groups (broad SMARTS) is 1. The molecule has 0 aromatic carbocycles. The van der Waals surface area contributed by atoms with Gasteiger partial charge in [-0.3, -0.25) is 4.79 Å². The first kappa shape index (κ1) is 13.5. The van der Waals surface area contributed by atoms with Gasteiger partial charge >= 0.3 is 5.97 Å². The van der Waals surface area contributed by atoms with Gasteiger partial charge in [0.15, 0.2) is 0 Å². The Morgan fingerprint density at radius 3 is 2.78 bits per heavy atom. The van der Waals surface area contributed by atoms with Crippen LogP contribution in [0.1, 0.15) is 30.6 Å². The van der Waals surface area contributed by atoms with Crippen molar-refractivity contribution in [2.45, 2.75) is 37.8 Å². The van der Waals surface area contributed by atoms with Gasteiger partial charge in [0.05, 0.1) is 11.5 Å². The second-order valence-electron chi connectivity index (χ2n) is 5.02. The SMILES string of the molecule is O=C(O)C1CCC(O)(CNCc2cccs2)CC1. The van der Waals surface area contributed by atoms with Gasteiger partial charge in [-0.1, -0.05) is 6.07 Å². The van der Waals surface area contributed by atoms with Crippen LogP contribution in [0.4, 0.5) is 0 Å². The highest BCUT2D eigenvalue weighted by molar-refractivity contribution is 7.09. The summed E-state index contributed by atoms with van der Waals surface area (Å²) in [4.78, 5) is 12.1. The van der Waals surface area contributed by atoms with E-state index in [4.69, 9.17) is 5.11 Å². The Kier molecular flexibility index (Phi) is 4.37. The molecule has 0 saturated heterocycles. The molecule has 0 radical (unpaired) electrons. The minimum atomic E-state index is -0.733. The molecular formula is C13H19NO3S. The monoisotopic (exact) mass is 269 g/mol. The summed E-state index contributed by atoms with van der Waals surface area (Å²) in [5.41, 5.74) is -0.733. The normalized spacial score (nSPS) is 28.2. The quantitative estimate of drug-likeness (QED) is 0.763. The minimum absolute atomic E-state index is 0.275. The number of aliphatic hydroxyl groups is 1. The van der Waals surface area contributed by atoms with Crippen LogP contribution in [0.15, 0.2) is 17.5 Å². The summed E-state index contributed by atoms with van der Waals surface area (Å²) in [6.07, 6.45) is 2.29. The first-order valence-corrected chi connectivity index (χ1v) is 7.15. The number of thiophene rings is 1. The molecule has 5 heteroatoms. The van der Waals surface area contributed by atoms with Crippen molar-refractivity contribution in [1.82, 2.24) is 5.32 Å². The lowest BCUT2D eigenvalue weighted by atomic mass is 9.79. The van der Waals surface area contributed by atoms with Gasteiger partial charge in [0.25, 0.3) is 0 Å². The van der Waals surface area contributed by atoms with Crippen molar-refractivity contribution in [3.05, 3.63) is 22.4 Å². The Morgan fingerprint density at radius 2 is 2.22 bits per heavy atom. The zero-order chi connectivity index (χ0) is 13.0. The van der Waals surface area contributed by atoms with E-state index < -0.39 is 11.6 Å². The summed E-state index contributed by atoms with van der Waals surface area (Å²) < 4.78 is 0. The fraction of sp³-hybridized carbons (Fsp3) is 0.615. The fourth-order valence-corrected chi connectivity index (χ4v) is 3.08. The minimum Gasteiger partial charge on any atom is -0.481 e. The molecule has 4 nitrogen and oxygen atoms in total. The van der Waals surface area contributed by atoms with Gasteiger partial charge < -0.3 is 15.5 Å². The van der Waals surface area contributed by atoms with Crippen LogP contribution in [0, 0.1) is 5.92 Å². The van der Waals surface area contributed by atoms with Gasteiger partial charge in [-0.05, 0) is 37.1 Å². The Morgan fingerprint density at radius 1 is 1.50 bits per heavy atom. The summed E-state index contributed by atoms with van der Waals surface area (Å²) in [6, 6.07) is 4.07. The van der Waals surface area contributed by atoms with Crippen LogP contribution < -0.4 is 5.32 Å². The molecule has 0 atom stereocenters. The van der Waals surface area contributed by atoms with E-state index >= 15 is 0 Å². The van der Waals surface area contributed by atoms with Gasteiger partial charge in [0, 0.05) is 18.0 Å². The van der Waals surface area contributed by atoms with Crippen molar-refractivity contribution in [2.24, 2.45) is 5.92 Å². The number of nitrogens with one attached hydrogen (secondary N) is 1. The van der Waals surface area contributed by atoms with Gasteiger partial charge in [0.2, 0.25) is 0 Å². The van der Waals surface area contributed by atoms with Gasteiger partial charge in [0.1, 0.15) is 0 Å². The third-order valence-corrected chi connectivity index (χ3v) is 4.48. The van der Waals surface area contributed by atoms with Crippen LogP contribution >= 0.6 is 11.3 Å². The number of carbonyl (C=O) groups is 1. The number of hydrogen-bond acceptors (Lipinski definition) is 4. The molecule has 3 N–H and O–H groups in total. The van der Waals surface area contributed by atoms with Gasteiger partial charge in [-0.15, -0.1) is 11.3 Å². The van der Waals surface area contributed by atoms with Crippen molar-refractivity contribution in [2.75, 3.05) is 6.54 Å². The maximum absolute atomic E-state index is 10.8. The third kappa shape index (κ3) is 3.54. The van der Waals surface area contributed by atoms with Crippen molar-refractivity contribution < 1.29 is 15.0 Å². The van der Waals surface area contributed by atoms with Crippen molar-refractivity contribution in [3.8, 4) is 0 Å². The second kappa shape index (κ2) is 5.82. The first-order chi connectivity index (χ1) is 8.59. The number of rotatable bonds is 5. The van der Waals surface area contributed by atoms with Crippen LogP contribution in [0.25, 0.3) is 0 Å². The Bertz CT molecular complexity index is 383. The van der Waals surface area contributed by atoms with E-state index in [-0.39, 0.29) is 5.92 Å². The van der Waals surface area contributed by atoms with E-state index in [1.807, 2.05) is 11.4 Å². The van der Waals surface area contributed by atoms with Crippen molar-refractivity contribution in [1.29, 1.82) is 0 Å². The number of aliphatic carboxylic acids is 1. The van der Waals surface area contributed by atoms with Gasteiger partial charge in [-0.2, -0.15) is 0 Å². The highest BCUT2D eigenvalue weighted by Gasteiger charge is 2.35.